The third kappa shape index (κ3) is 5.20. The van der Waals surface area contributed by atoms with Crippen LogP contribution in [0.2, 0.25) is 5.02 Å². The molecule has 1 saturated heterocycles. The highest BCUT2D eigenvalue weighted by molar-refractivity contribution is 6.30. The quantitative estimate of drug-likeness (QED) is 0.552. The highest BCUT2D eigenvalue weighted by atomic mass is 35.5. The zero-order valence-corrected chi connectivity index (χ0v) is 18.2. The number of hydrogen-bond acceptors (Lipinski definition) is 3. The maximum absolute atomic E-state index is 12.8. The Bertz CT molecular complexity index is 1100. The Balaban J connectivity index is 1.20. The van der Waals surface area contributed by atoms with Crippen molar-refractivity contribution >= 4 is 46.0 Å². The Kier molecular flexibility index (Phi) is 6.61. The van der Waals surface area contributed by atoms with E-state index in [0.29, 0.717) is 42.6 Å². The standard InChI is InChI=1S/C23H24ClN5O3/c24-17-5-3-6-18(15-17)26-21(30)8-9-25-23(32)29-12-10-28(11-13-29)22(31)20-14-16-4-1-2-7-19(16)27-20/h1-7,14-15,27H,8-13H2,(H,25,32)(H,26,30). The van der Waals surface area contributed by atoms with E-state index in [2.05, 4.69) is 15.6 Å². The van der Waals surface area contributed by atoms with Crippen LogP contribution in [-0.4, -0.2) is 65.4 Å². The number of rotatable bonds is 5. The van der Waals surface area contributed by atoms with Crippen LogP contribution in [0.25, 0.3) is 10.9 Å². The number of aromatic amines is 1. The molecule has 0 atom stereocenters. The van der Waals surface area contributed by atoms with Crippen LogP contribution in [-0.2, 0) is 4.79 Å². The zero-order chi connectivity index (χ0) is 22.5. The molecule has 0 bridgehead atoms. The molecule has 0 aliphatic carbocycles. The first-order valence-corrected chi connectivity index (χ1v) is 10.8. The molecule has 3 aromatic rings. The second kappa shape index (κ2) is 9.74. The molecule has 1 fully saturated rings. The van der Waals surface area contributed by atoms with Gasteiger partial charge in [-0.25, -0.2) is 4.79 Å². The average Bonchev–Trinajstić information content (AvgIpc) is 3.23. The second-order valence-corrected chi connectivity index (χ2v) is 8.03. The van der Waals surface area contributed by atoms with E-state index in [-0.39, 0.29) is 30.8 Å². The molecule has 0 unspecified atom stereocenters. The van der Waals surface area contributed by atoms with E-state index < -0.39 is 0 Å². The van der Waals surface area contributed by atoms with E-state index in [1.807, 2.05) is 30.3 Å². The molecule has 2 heterocycles. The number of H-pyrrole nitrogens is 1. The van der Waals surface area contributed by atoms with E-state index >= 15 is 0 Å². The number of hydrogen-bond donors (Lipinski definition) is 3. The van der Waals surface area contributed by atoms with Gasteiger partial charge in [0, 0.05) is 60.8 Å². The van der Waals surface area contributed by atoms with Gasteiger partial charge in [-0.05, 0) is 30.3 Å². The molecule has 32 heavy (non-hydrogen) atoms. The predicted molar refractivity (Wildman–Crippen MR) is 124 cm³/mol. The molecule has 4 rings (SSSR count). The van der Waals surface area contributed by atoms with Crippen molar-refractivity contribution in [3.63, 3.8) is 0 Å². The molecule has 1 aliphatic heterocycles. The van der Waals surface area contributed by atoms with Crippen molar-refractivity contribution < 1.29 is 14.4 Å². The number of fused-ring (bicyclic) bond motifs is 1. The molecular weight excluding hydrogens is 430 g/mol. The number of urea groups is 1. The minimum atomic E-state index is -0.238. The average molecular weight is 454 g/mol. The predicted octanol–water partition coefficient (Wildman–Crippen LogP) is 3.32. The van der Waals surface area contributed by atoms with Gasteiger partial charge in [-0.3, -0.25) is 9.59 Å². The van der Waals surface area contributed by atoms with E-state index in [4.69, 9.17) is 11.6 Å². The summed E-state index contributed by atoms with van der Waals surface area (Å²) < 4.78 is 0. The van der Waals surface area contributed by atoms with Gasteiger partial charge in [0.15, 0.2) is 0 Å². The molecule has 9 heteroatoms. The molecule has 166 valence electrons. The van der Waals surface area contributed by atoms with Gasteiger partial charge in [0.1, 0.15) is 5.69 Å². The van der Waals surface area contributed by atoms with Gasteiger partial charge in [-0.1, -0.05) is 35.9 Å². The van der Waals surface area contributed by atoms with E-state index in [9.17, 15) is 14.4 Å². The summed E-state index contributed by atoms with van der Waals surface area (Å²) in [6.45, 7) is 2.01. The van der Waals surface area contributed by atoms with Gasteiger partial charge in [0.2, 0.25) is 5.91 Å². The number of carbonyl (C=O) groups is 3. The number of nitrogens with zero attached hydrogens (tertiary/aromatic N) is 2. The van der Waals surface area contributed by atoms with Crippen molar-refractivity contribution in [1.29, 1.82) is 0 Å². The lowest BCUT2D eigenvalue weighted by Crippen LogP contribution is -2.53. The highest BCUT2D eigenvalue weighted by Crippen LogP contribution is 2.17. The lowest BCUT2D eigenvalue weighted by atomic mass is 10.2. The number of anilines is 1. The largest absolute Gasteiger partial charge is 0.351 e. The summed E-state index contributed by atoms with van der Waals surface area (Å²) in [6, 6.07) is 16.3. The van der Waals surface area contributed by atoms with Crippen molar-refractivity contribution in [3.8, 4) is 0 Å². The first-order valence-electron chi connectivity index (χ1n) is 10.4. The number of piperazine rings is 1. The summed E-state index contributed by atoms with van der Waals surface area (Å²) in [6.07, 6.45) is 0.150. The van der Waals surface area contributed by atoms with Crippen molar-refractivity contribution in [2.45, 2.75) is 6.42 Å². The number of halogens is 1. The lowest BCUT2D eigenvalue weighted by Gasteiger charge is -2.34. The fourth-order valence-corrected chi connectivity index (χ4v) is 3.85. The number of benzene rings is 2. The van der Waals surface area contributed by atoms with Gasteiger partial charge in [-0.15, -0.1) is 0 Å². The van der Waals surface area contributed by atoms with E-state index in [1.54, 1.807) is 34.1 Å². The Morgan fingerprint density at radius 2 is 1.69 bits per heavy atom. The molecule has 0 spiro atoms. The number of nitrogens with one attached hydrogen (secondary N) is 3. The zero-order valence-electron chi connectivity index (χ0n) is 17.4. The summed E-state index contributed by atoms with van der Waals surface area (Å²) in [5.74, 6) is -0.278. The third-order valence-electron chi connectivity index (χ3n) is 5.35. The molecule has 8 nitrogen and oxygen atoms in total. The lowest BCUT2D eigenvalue weighted by molar-refractivity contribution is -0.116. The molecular formula is C23H24ClN5O3. The maximum Gasteiger partial charge on any atom is 0.317 e. The van der Waals surface area contributed by atoms with Crippen LogP contribution < -0.4 is 10.6 Å². The fraction of sp³-hybridized carbons (Fsp3) is 0.261. The Hall–Kier alpha value is -3.52. The molecule has 1 aliphatic rings. The summed E-state index contributed by atoms with van der Waals surface area (Å²) in [5.41, 5.74) is 2.09. The van der Waals surface area contributed by atoms with E-state index in [1.165, 1.54) is 0 Å². The summed E-state index contributed by atoms with van der Waals surface area (Å²) in [7, 11) is 0. The molecule has 1 aromatic heterocycles. The van der Waals surface area contributed by atoms with Crippen LogP contribution in [0, 0.1) is 0 Å². The van der Waals surface area contributed by atoms with Crippen LogP contribution in [0.15, 0.2) is 54.6 Å². The number of aromatic nitrogens is 1. The van der Waals surface area contributed by atoms with Gasteiger partial charge in [0.25, 0.3) is 5.91 Å². The first-order chi connectivity index (χ1) is 15.5. The Morgan fingerprint density at radius 1 is 0.938 bits per heavy atom. The van der Waals surface area contributed by atoms with Crippen LogP contribution >= 0.6 is 11.6 Å². The topological polar surface area (TPSA) is 97.5 Å². The minimum Gasteiger partial charge on any atom is -0.351 e. The normalized spacial score (nSPS) is 13.8. The van der Waals surface area contributed by atoms with Crippen molar-refractivity contribution in [1.82, 2.24) is 20.1 Å². The van der Waals surface area contributed by atoms with Gasteiger partial charge in [0.05, 0.1) is 0 Å². The summed E-state index contributed by atoms with van der Waals surface area (Å²) in [5, 5.41) is 7.04. The van der Waals surface area contributed by atoms with Crippen LogP contribution in [0.1, 0.15) is 16.9 Å². The fourth-order valence-electron chi connectivity index (χ4n) is 3.66. The Morgan fingerprint density at radius 3 is 2.44 bits per heavy atom. The monoisotopic (exact) mass is 453 g/mol. The summed E-state index contributed by atoms with van der Waals surface area (Å²) in [4.78, 5) is 43.8. The van der Waals surface area contributed by atoms with Crippen LogP contribution in [0.4, 0.5) is 10.5 Å². The van der Waals surface area contributed by atoms with Crippen LogP contribution in [0.3, 0.4) is 0 Å². The van der Waals surface area contributed by atoms with Gasteiger partial charge in [-0.2, -0.15) is 0 Å². The molecule has 3 N–H and O–H groups in total. The van der Waals surface area contributed by atoms with Crippen LogP contribution in [0.5, 0.6) is 0 Å². The second-order valence-electron chi connectivity index (χ2n) is 7.59. The highest BCUT2D eigenvalue weighted by Gasteiger charge is 2.25. The van der Waals surface area contributed by atoms with E-state index in [0.717, 1.165) is 10.9 Å². The number of para-hydroxylation sites is 1. The number of amides is 4. The smallest absolute Gasteiger partial charge is 0.317 e. The maximum atomic E-state index is 12.8. The van der Waals surface area contributed by atoms with Crippen molar-refractivity contribution in [2.24, 2.45) is 0 Å². The number of carbonyl (C=O) groups excluding carboxylic acids is 3. The SMILES string of the molecule is O=C(CCNC(=O)N1CCN(C(=O)c2cc3ccccc3[nH]2)CC1)Nc1cccc(Cl)c1. The molecule has 4 amide bonds. The van der Waals surface area contributed by atoms with Gasteiger partial charge < -0.3 is 25.4 Å². The third-order valence-corrected chi connectivity index (χ3v) is 5.59. The minimum absolute atomic E-state index is 0.0704. The molecule has 2 aromatic carbocycles. The van der Waals surface area contributed by atoms with Crippen molar-refractivity contribution in [2.75, 3.05) is 38.0 Å². The van der Waals surface area contributed by atoms with Gasteiger partial charge >= 0.3 is 6.03 Å². The Labute approximate surface area is 190 Å². The first kappa shape index (κ1) is 21.7. The molecule has 0 radical (unpaired) electrons. The molecule has 0 saturated carbocycles. The summed E-state index contributed by atoms with van der Waals surface area (Å²) >= 11 is 5.90. The van der Waals surface area contributed by atoms with Crippen molar-refractivity contribution in [3.05, 3.63) is 65.3 Å².